The maximum absolute atomic E-state index is 10.9. The summed E-state index contributed by atoms with van der Waals surface area (Å²) in [7, 11) is 0. The molecule has 23 heavy (non-hydrogen) atoms. The maximum Gasteiger partial charge on any atom is 0.292 e. The molecule has 4 N–H and O–H groups in total. The zero-order chi connectivity index (χ0) is 15.8. The summed E-state index contributed by atoms with van der Waals surface area (Å²) in [6, 6.07) is 16.0. The lowest BCUT2D eigenvalue weighted by molar-refractivity contribution is -0.384. The molecule has 0 amide bonds. The number of nitrogens with one attached hydrogen (secondary N) is 2. The average molecular weight is 427 g/mol. The van der Waals surface area contributed by atoms with Crippen molar-refractivity contribution in [3.05, 3.63) is 64.7 Å². The van der Waals surface area contributed by atoms with Crippen molar-refractivity contribution in [2.75, 3.05) is 23.7 Å². The van der Waals surface area contributed by atoms with E-state index in [9.17, 15) is 10.1 Å². The van der Waals surface area contributed by atoms with Crippen molar-refractivity contribution in [3.63, 3.8) is 0 Å². The summed E-state index contributed by atoms with van der Waals surface area (Å²) in [5, 5.41) is 16.8. The van der Waals surface area contributed by atoms with Crippen LogP contribution in [0.15, 0.2) is 59.6 Å². The minimum Gasteiger partial charge on any atom is -0.378 e. The molecule has 0 atom stereocenters. The minimum atomic E-state index is -0.420. The summed E-state index contributed by atoms with van der Waals surface area (Å²) in [5.74, 6) is 0.301. The van der Waals surface area contributed by atoms with Crippen LogP contribution in [-0.2, 0) is 0 Å². The number of nitrogens with two attached hydrogens (primary N) is 1. The number of hydrogen-bond acceptors (Lipinski definition) is 4. The van der Waals surface area contributed by atoms with Crippen LogP contribution in [0.2, 0.25) is 0 Å². The second-order valence-electron chi connectivity index (χ2n) is 4.46. The van der Waals surface area contributed by atoms with Gasteiger partial charge in [-0.2, -0.15) is 0 Å². The molecule has 0 bridgehead atoms. The molecule has 0 aliphatic heterocycles. The number of rotatable bonds is 6. The Bertz CT molecular complexity index is 664. The Hall–Kier alpha value is -2.36. The first-order valence-electron chi connectivity index (χ1n) is 6.76. The van der Waals surface area contributed by atoms with E-state index in [1.165, 1.54) is 6.07 Å². The number of guanidine groups is 1. The lowest BCUT2D eigenvalue weighted by atomic mass is 10.2. The molecule has 0 fully saturated rings. The van der Waals surface area contributed by atoms with Crippen LogP contribution in [0.1, 0.15) is 0 Å². The summed E-state index contributed by atoms with van der Waals surface area (Å²) >= 11 is 0. The first-order valence-corrected chi connectivity index (χ1v) is 6.76. The predicted molar refractivity (Wildman–Crippen MR) is 104 cm³/mol. The predicted octanol–water partition coefficient (Wildman–Crippen LogP) is 3.05. The second kappa shape index (κ2) is 9.62. The van der Waals surface area contributed by atoms with E-state index >= 15 is 0 Å². The first kappa shape index (κ1) is 18.7. The van der Waals surface area contributed by atoms with Gasteiger partial charge >= 0.3 is 0 Å². The minimum absolute atomic E-state index is 0. The molecule has 0 saturated heterocycles. The largest absolute Gasteiger partial charge is 0.378 e. The van der Waals surface area contributed by atoms with E-state index < -0.39 is 4.92 Å². The van der Waals surface area contributed by atoms with E-state index in [2.05, 4.69) is 15.6 Å². The number of halogens is 1. The van der Waals surface area contributed by atoms with E-state index in [1.807, 2.05) is 30.3 Å². The van der Waals surface area contributed by atoms with Crippen LogP contribution in [0.25, 0.3) is 0 Å². The molecule has 2 aromatic carbocycles. The molecule has 0 unspecified atom stereocenters. The summed E-state index contributed by atoms with van der Waals surface area (Å²) < 4.78 is 0. The average Bonchev–Trinajstić information content (AvgIpc) is 2.53. The summed E-state index contributed by atoms with van der Waals surface area (Å²) in [6.45, 7) is 0.847. The molecule has 7 nitrogen and oxygen atoms in total. The number of nitro benzene ring substituents is 1. The third-order valence-electron chi connectivity index (χ3n) is 2.86. The Morgan fingerprint density at radius 2 is 1.78 bits per heavy atom. The maximum atomic E-state index is 10.9. The molecule has 122 valence electrons. The second-order valence-corrected chi connectivity index (χ2v) is 4.46. The lowest BCUT2D eigenvalue weighted by Crippen LogP contribution is -2.23. The van der Waals surface area contributed by atoms with Crippen LogP contribution in [0.5, 0.6) is 0 Å². The van der Waals surface area contributed by atoms with Gasteiger partial charge in [0, 0.05) is 18.3 Å². The normalized spacial score (nSPS) is 10.5. The Kier molecular flexibility index (Phi) is 7.81. The quantitative estimate of drug-likeness (QED) is 0.164. The molecule has 0 heterocycles. The van der Waals surface area contributed by atoms with Gasteiger partial charge in [-0.15, -0.1) is 24.0 Å². The van der Waals surface area contributed by atoms with Crippen molar-refractivity contribution in [2.45, 2.75) is 0 Å². The highest BCUT2D eigenvalue weighted by Crippen LogP contribution is 2.22. The van der Waals surface area contributed by atoms with Gasteiger partial charge in [-0.3, -0.25) is 15.1 Å². The Balaban J connectivity index is 0.00000264. The van der Waals surface area contributed by atoms with Crippen molar-refractivity contribution in [3.8, 4) is 0 Å². The number of nitro groups is 1. The monoisotopic (exact) mass is 427 g/mol. The van der Waals surface area contributed by atoms with Gasteiger partial charge < -0.3 is 16.4 Å². The van der Waals surface area contributed by atoms with Crippen molar-refractivity contribution in [1.82, 2.24) is 0 Å². The molecule has 0 aliphatic carbocycles. The number of para-hydroxylation sites is 3. The highest BCUT2D eigenvalue weighted by atomic mass is 127. The number of aliphatic imine (C=N–C) groups is 1. The van der Waals surface area contributed by atoms with Gasteiger partial charge in [0.05, 0.1) is 11.5 Å². The topological polar surface area (TPSA) is 106 Å². The molecule has 2 rings (SSSR count). The molecule has 0 radical (unpaired) electrons. The van der Waals surface area contributed by atoms with E-state index in [0.717, 1.165) is 5.69 Å². The van der Waals surface area contributed by atoms with Crippen LogP contribution in [0.4, 0.5) is 17.1 Å². The molecule has 0 aliphatic rings. The van der Waals surface area contributed by atoms with Gasteiger partial charge in [0.15, 0.2) is 5.96 Å². The Morgan fingerprint density at radius 3 is 2.48 bits per heavy atom. The zero-order valence-corrected chi connectivity index (χ0v) is 14.6. The van der Waals surface area contributed by atoms with E-state index in [1.54, 1.807) is 18.2 Å². The fourth-order valence-corrected chi connectivity index (χ4v) is 1.86. The number of hydrogen-bond donors (Lipinski definition) is 3. The van der Waals surface area contributed by atoms with Gasteiger partial charge in [-0.05, 0) is 18.2 Å². The van der Waals surface area contributed by atoms with Crippen LogP contribution in [-0.4, -0.2) is 24.0 Å². The van der Waals surface area contributed by atoms with Gasteiger partial charge in [0.1, 0.15) is 5.69 Å². The zero-order valence-electron chi connectivity index (χ0n) is 12.3. The van der Waals surface area contributed by atoms with Crippen molar-refractivity contribution >= 4 is 47.0 Å². The highest BCUT2D eigenvalue weighted by Gasteiger charge is 2.10. The molecule has 0 spiro atoms. The van der Waals surface area contributed by atoms with Gasteiger partial charge in [-0.1, -0.05) is 30.3 Å². The third kappa shape index (κ3) is 6.10. The van der Waals surface area contributed by atoms with E-state index in [0.29, 0.717) is 24.7 Å². The SMILES string of the molecule is I.NC(=NCCNc1ccccc1[N+](=O)[O-])Nc1ccccc1. The number of benzene rings is 2. The van der Waals surface area contributed by atoms with Crippen LogP contribution in [0.3, 0.4) is 0 Å². The smallest absolute Gasteiger partial charge is 0.292 e. The molecule has 2 aromatic rings. The van der Waals surface area contributed by atoms with E-state index in [-0.39, 0.29) is 29.7 Å². The lowest BCUT2D eigenvalue weighted by Gasteiger charge is -2.07. The Morgan fingerprint density at radius 1 is 1.13 bits per heavy atom. The van der Waals surface area contributed by atoms with Gasteiger partial charge in [0.25, 0.3) is 5.69 Å². The fraction of sp³-hybridized carbons (Fsp3) is 0.133. The van der Waals surface area contributed by atoms with Gasteiger partial charge in [0.2, 0.25) is 0 Å². The summed E-state index contributed by atoms with van der Waals surface area (Å²) in [5.41, 5.74) is 7.14. The third-order valence-corrected chi connectivity index (χ3v) is 2.86. The fourth-order valence-electron chi connectivity index (χ4n) is 1.86. The van der Waals surface area contributed by atoms with E-state index in [4.69, 9.17) is 5.73 Å². The molecular formula is C15H18IN5O2. The van der Waals surface area contributed by atoms with Crippen LogP contribution in [0, 0.1) is 10.1 Å². The van der Waals surface area contributed by atoms with Crippen LogP contribution < -0.4 is 16.4 Å². The standard InChI is InChI=1S/C15H17N5O2.HI/c16-15(19-12-6-2-1-3-7-12)18-11-10-17-13-8-4-5-9-14(13)20(21)22;/h1-9,17H,10-11H2,(H3,16,18,19);1H. The first-order chi connectivity index (χ1) is 10.7. The summed E-state index contributed by atoms with van der Waals surface area (Å²) in [4.78, 5) is 14.6. The molecule has 8 heteroatoms. The van der Waals surface area contributed by atoms with Crippen molar-refractivity contribution < 1.29 is 4.92 Å². The summed E-state index contributed by atoms with van der Waals surface area (Å²) in [6.07, 6.45) is 0. The molecule has 0 aromatic heterocycles. The van der Waals surface area contributed by atoms with Gasteiger partial charge in [-0.25, -0.2) is 0 Å². The van der Waals surface area contributed by atoms with Crippen molar-refractivity contribution in [1.29, 1.82) is 0 Å². The number of anilines is 2. The Labute approximate surface area is 151 Å². The molecular weight excluding hydrogens is 409 g/mol. The van der Waals surface area contributed by atoms with Crippen molar-refractivity contribution in [2.24, 2.45) is 10.7 Å². The number of nitrogens with zero attached hydrogens (tertiary/aromatic N) is 2. The highest BCUT2D eigenvalue weighted by molar-refractivity contribution is 14.0. The molecule has 0 saturated carbocycles. The van der Waals surface area contributed by atoms with Crippen LogP contribution >= 0.6 is 24.0 Å².